The molecule has 1 amide bonds. The van der Waals surface area contributed by atoms with Crippen molar-refractivity contribution in [3.05, 3.63) is 36.0 Å². The molecule has 2 fully saturated rings. The summed E-state index contributed by atoms with van der Waals surface area (Å²) >= 11 is 0. The highest BCUT2D eigenvalue weighted by atomic mass is 16.6. The van der Waals surface area contributed by atoms with Gasteiger partial charge in [-0.3, -0.25) is 0 Å². The van der Waals surface area contributed by atoms with Gasteiger partial charge in [0, 0.05) is 50.5 Å². The first kappa shape index (κ1) is 26.7. The molecule has 1 aliphatic carbocycles. The van der Waals surface area contributed by atoms with Crippen molar-refractivity contribution in [3.8, 4) is 17.3 Å². The van der Waals surface area contributed by atoms with E-state index in [0.29, 0.717) is 38.8 Å². The maximum Gasteiger partial charge on any atom is 0.410 e. The van der Waals surface area contributed by atoms with Crippen LogP contribution in [0.4, 0.5) is 16.4 Å². The van der Waals surface area contributed by atoms with Gasteiger partial charge < -0.3 is 25.2 Å². The summed E-state index contributed by atoms with van der Waals surface area (Å²) in [6.07, 6.45) is 7.78. The molecule has 0 bridgehead atoms. The van der Waals surface area contributed by atoms with Crippen molar-refractivity contribution >= 4 is 17.7 Å². The van der Waals surface area contributed by atoms with E-state index in [2.05, 4.69) is 44.8 Å². The Morgan fingerprint density at radius 1 is 1.14 bits per heavy atom. The zero-order valence-electron chi connectivity index (χ0n) is 22.3. The molecule has 0 radical (unpaired) electrons. The first-order valence-electron chi connectivity index (χ1n) is 13.4. The summed E-state index contributed by atoms with van der Waals surface area (Å²) in [5, 5.41) is 15.7. The van der Waals surface area contributed by atoms with E-state index in [1.807, 2.05) is 33.0 Å². The minimum atomic E-state index is -0.509. The first-order chi connectivity index (χ1) is 17.8. The summed E-state index contributed by atoms with van der Waals surface area (Å²) < 4.78 is 5.54. The number of ether oxygens (including phenoxy) is 1. The van der Waals surface area contributed by atoms with Crippen LogP contribution in [-0.2, 0) is 11.3 Å². The molecule has 9 heteroatoms. The number of nitrogens with zero attached hydrogens (tertiary/aromatic N) is 5. The molecule has 3 heterocycles. The lowest BCUT2D eigenvalue weighted by Crippen LogP contribution is -2.50. The summed E-state index contributed by atoms with van der Waals surface area (Å²) in [7, 11) is 0. The van der Waals surface area contributed by atoms with Crippen molar-refractivity contribution in [2.45, 2.75) is 71.1 Å². The lowest BCUT2D eigenvalue weighted by Gasteiger charge is -2.36. The Balaban J connectivity index is 1.51. The number of aromatic nitrogens is 2. The molecule has 37 heavy (non-hydrogen) atoms. The molecule has 0 unspecified atom stereocenters. The fourth-order valence-corrected chi connectivity index (χ4v) is 4.82. The number of hydrogen-bond acceptors (Lipinski definition) is 8. The molecule has 1 aliphatic heterocycles. The number of anilines is 2. The number of carbonyl (C=O) groups is 1. The molecule has 0 spiro atoms. The molecular formula is C28H39N7O2. The number of piperazine rings is 1. The van der Waals surface area contributed by atoms with Crippen LogP contribution in [0.15, 0.2) is 30.5 Å². The van der Waals surface area contributed by atoms with Crippen LogP contribution in [0.3, 0.4) is 0 Å². The maximum atomic E-state index is 12.5. The Morgan fingerprint density at radius 2 is 1.89 bits per heavy atom. The van der Waals surface area contributed by atoms with Gasteiger partial charge in [0.15, 0.2) is 0 Å². The Labute approximate surface area is 220 Å². The van der Waals surface area contributed by atoms with E-state index in [9.17, 15) is 4.79 Å². The molecule has 0 aromatic carbocycles. The van der Waals surface area contributed by atoms with Crippen molar-refractivity contribution in [1.82, 2.24) is 20.2 Å². The predicted molar refractivity (Wildman–Crippen MR) is 145 cm³/mol. The lowest BCUT2D eigenvalue weighted by atomic mass is 9.95. The maximum absolute atomic E-state index is 12.5. The smallest absolute Gasteiger partial charge is 0.410 e. The third-order valence-electron chi connectivity index (χ3n) is 6.67. The van der Waals surface area contributed by atoms with E-state index in [-0.39, 0.29) is 12.6 Å². The summed E-state index contributed by atoms with van der Waals surface area (Å²) in [6.45, 7) is 9.01. The highest BCUT2D eigenvalue weighted by Crippen LogP contribution is 2.27. The van der Waals surface area contributed by atoms with Gasteiger partial charge in [0.2, 0.25) is 0 Å². The number of nitriles is 1. The van der Waals surface area contributed by atoms with Crippen LogP contribution in [0, 0.1) is 11.3 Å². The normalized spacial score (nSPS) is 16.8. The minimum Gasteiger partial charge on any atom is -0.444 e. The van der Waals surface area contributed by atoms with E-state index in [1.165, 1.54) is 32.1 Å². The molecule has 1 saturated heterocycles. The van der Waals surface area contributed by atoms with Gasteiger partial charge in [0.25, 0.3) is 0 Å². The van der Waals surface area contributed by atoms with E-state index < -0.39 is 5.60 Å². The minimum absolute atomic E-state index is 0.273. The van der Waals surface area contributed by atoms with Gasteiger partial charge in [0.1, 0.15) is 17.2 Å². The number of amides is 1. The number of nitrogens with one attached hydrogen (secondary N) is 2. The standard InChI is InChI=1S/C28H39N7O2/c1-28(2,3)37-27(36)35-15-13-34(14-16-35)26-18-21(20-30-12-10-29)17-24(33-26)22-9-11-31-25(19-22)32-23-7-5-4-6-8-23/h9,11,17-19,23,30H,4-8,12-16,20H2,1-3H3,(H,31,32). The molecule has 2 aliphatic rings. The molecule has 4 rings (SSSR count). The molecule has 9 nitrogen and oxygen atoms in total. The molecule has 2 aromatic heterocycles. The summed E-state index contributed by atoms with van der Waals surface area (Å²) in [5.74, 6) is 1.75. The van der Waals surface area contributed by atoms with E-state index >= 15 is 0 Å². The van der Waals surface area contributed by atoms with Gasteiger partial charge in [-0.25, -0.2) is 14.8 Å². The van der Waals surface area contributed by atoms with E-state index in [0.717, 1.165) is 28.5 Å². The van der Waals surface area contributed by atoms with Crippen LogP contribution in [0.25, 0.3) is 11.3 Å². The van der Waals surface area contributed by atoms with E-state index in [4.69, 9.17) is 15.0 Å². The summed E-state index contributed by atoms with van der Waals surface area (Å²) in [6, 6.07) is 10.8. The second-order valence-corrected chi connectivity index (χ2v) is 10.8. The second-order valence-electron chi connectivity index (χ2n) is 10.8. The highest BCUT2D eigenvalue weighted by molar-refractivity contribution is 5.69. The first-order valence-corrected chi connectivity index (χ1v) is 13.4. The molecular weight excluding hydrogens is 466 g/mol. The molecule has 198 valence electrons. The van der Waals surface area contributed by atoms with Crippen LogP contribution in [0.2, 0.25) is 0 Å². The van der Waals surface area contributed by atoms with Crippen molar-refractivity contribution in [3.63, 3.8) is 0 Å². The van der Waals surface area contributed by atoms with Crippen LogP contribution in [0.1, 0.15) is 58.4 Å². The van der Waals surface area contributed by atoms with Gasteiger partial charge in [-0.1, -0.05) is 19.3 Å². The van der Waals surface area contributed by atoms with Crippen LogP contribution >= 0.6 is 0 Å². The highest BCUT2D eigenvalue weighted by Gasteiger charge is 2.26. The van der Waals surface area contributed by atoms with Crippen LogP contribution in [0.5, 0.6) is 0 Å². The quantitative estimate of drug-likeness (QED) is 0.417. The van der Waals surface area contributed by atoms with Crippen molar-refractivity contribution < 1.29 is 9.53 Å². The van der Waals surface area contributed by atoms with Gasteiger partial charge in [0.05, 0.1) is 18.3 Å². The third-order valence-corrected chi connectivity index (χ3v) is 6.67. The zero-order chi connectivity index (χ0) is 26.3. The average Bonchev–Trinajstić information content (AvgIpc) is 2.88. The fraction of sp³-hybridized carbons (Fsp3) is 0.571. The van der Waals surface area contributed by atoms with Crippen LogP contribution < -0.4 is 15.5 Å². The van der Waals surface area contributed by atoms with Crippen molar-refractivity contribution in [2.75, 3.05) is 42.9 Å². The number of pyridine rings is 2. The number of rotatable bonds is 7. The summed E-state index contributed by atoms with van der Waals surface area (Å²) in [5.41, 5.74) is 2.42. The number of hydrogen-bond donors (Lipinski definition) is 2. The van der Waals surface area contributed by atoms with Gasteiger partial charge in [-0.15, -0.1) is 0 Å². The average molecular weight is 506 g/mol. The molecule has 0 atom stereocenters. The molecule has 1 saturated carbocycles. The predicted octanol–water partition coefficient (Wildman–Crippen LogP) is 4.56. The molecule has 2 N–H and O–H groups in total. The number of carbonyl (C=O) groups excluding carboxylic acids is 1. The summed E-state index contributed by atoms with van der Waals surface area (Å²) in [4.78, 5) is 26.0. The monoisotopic (exact) mass is 505 g/mol. The Kier molecular flexibility index (Phi) is 8.82. The van der Waals surface area contributed by atoms with Crippen LogP contribution in [-0.4, -0.2) is 65.3 Å². The SMILES string of the molecule is CC(C)(C)OC(=O)N1CCN(c2cc(CNCC#N)cc(-c3ccnc(NC4CCCCC4)c3)n2)CC1. The largest absolute Gasteiger partial charge is 0.444 e. The van der Waals surface area contributed by atoms with Gasteiger partial charge in [-0.2, -0.15) is 5.26 Å². The van der Waals surface area contributed by atoms with Crippen molar-refractivity contribution in [2.24, 2.45) is 0 Å². The second kappa shape index (κ2) is 12.2. The zero-order valence-corrected chi connectivity index (χ0v) is 22.3. The molecule has 2 aromatic rings. The van der Waals surface area contributed by atoms with Gasteiger partial charge in [-0.05, 0) is 63.4 Å². The Hall–Kier alpha value is -3.38. The van der Waals surface area contributed by atoms with E-state index in [1.54, 1.807) is 4.90 Å². The topological polar surface area (TPSA) is 106 Å². The Morgan fingerprint density at radius 3 is 2.59 bits per heavy atom. The fourth-order valence-electron chi connectivity index (χ4n) is 4.82. The lowest BCUT2D eigenvalue weighted by molar-refractivity contribution is 0.0240. The van der Waals surface area contributed by atoms with Crippen molar-refractivity contribution in [1.29, 1.82) is 5.26 Å². The van der Waals surface area contributed by atoms with Gasteiger partial charge >= 0.3 is 6.09 Å². The third kappa shape index (κ3) is 7.80. The Bertz CT molecular complexity index is 1090.